The van der Waals surface area contributed by atoms with Gasteiger partial charge in [-0.25, -0.2) is 0 Å². The molecule has 1 unspecified atom stereocenters. The van der Waals surface area contributed by atoms with E-state index in [1.165, 1.54) is 7.11 Å². The molecular weight excluding hydrogens is 204 g/mol. The molecule has 84 valence electrons. The van der Waals surface area contributed by atoms with Crippen LogP contribution < -0.4 is 5.32 Å². The lowest BCUT2D eigenvalue weighted by Crippen LogP contribution is -2.26. The van der Waals surface area contributed by atoms with Gasteiger partial charge in [0.05, 0.1) is 0 Å². The number of H-pyrrole nitrogens is 1. The number of aromatic nitrogens is 1. The number of carbonyl (C=O) groups excluding carboxylic acids is 1. The quantitative estimate of drug-likeness (QED) is 0.829. The number of fused-ring (bicyclic) bond motifs is 1. The van der Waals surface area contributed by atoms with Crippen LogP contribution in [0.4, 0.5) is 5.69 Å². The van der Waals surface area contributed by atoms with Crippen molar-refractivity contribution in [1.82, 2.24) is 4.98 Å². The fraction of sp³-hybridized carbons (Fsp3) is 0.250. The third-order valence-corrected chi connectivity index (χ3v) is 2.54. The molecule has 1 amide bonds. The summed E-state index contributed by atoms with van der Waals surface area (Å²) in [5.41, 5.74) is 1.83. The van der Waals surface area contributed by atoms with E-state index in [4.69, 9.17) is 4.74 Å². The van der Waals surface area contributed by atoms with Gasteiger partial charge >= 0.3 is 0 Å². The molecule has 0 bridgehead atoms. The average Bonchev–Trinajstić information content (AvgIpc) is 2.75. The molecule has 2 rings (SSSR count). The summed E-state index contributed by atoms with van der Waals surface area (Å²) in [6, 6.07) is 7.68. The lowest BCUT2D eigenvalue weighted by molar-refractivity contribution is -0.124. The summed E-state index contributed by atoms with van der Waals surface area (Å²) in [5, 5.41) is 3.87. The highest BCUT2D eigenvalue weighted by Gasteiger charge is 2.11. The number of anilines is 1. The van der Waals surface area contributed by atoms with E-state index in [1.807, 2.05) is 30.5 Å². The van der Waals surface area contributed by atoms with Crippen molar-refractivity contribution < 1.29 is 9.53 Å². The lowest BCUT2D eigenvalue weighted by Gasteiger charge is -2.10. The number of amides is 1. The van der Waals surface area contributed by atoms with Crippen molar-refractivity contribution in [3.8, 4) is 0 Å². The fourth-order valence-corrected chi connectivity index (χ4v) is 1.48. The zero-order chi connectivity index (χ0) is 11.5. The Kier molecular flexibility index (Phi) is 2.92. The first-order valence-corrected chi connectivity index (χ1v) is 5.11. The van der Waals surface area contributed by atoms with Gasteiger partial charge in [0.15, 0.2) is 0 Å². The Morgan fingerprint density at radius 1 is 1.44 bits per heavy atom. The van der Waals surface area contributed by atoms with Crippen molar-refractivity contribution in [3.05, 3.63) is 30.5 Å². The minimum Gasteiger partial charge on any atom is -0.372 e. The van der Waals surface area contributed by atoms with Crippen LogP contribution in [0.1, 0.15) is 6.92 Å². The predicted molar refractivity (Wildman–Crippen MR) is 63.4 cm³/mol. The standard InChI is InChI=1S/C12H14N2O2/c1-8(16-2)12(15)14-10-3-4-11-9(7-10)5-6-13-11/h3-8,13H,1-2H3,(H,14,15). The molecule has 2 N–H and O–H groups in total. The van der Waals surface area contributed by atoms with Gasteiger partial charge in [-0.05, 0) is 31.2 Å². The van der Waals surface area contributed by atoms with Crippen LogP contribution in [0.5, 0.6) is 0 Å². The number of methoxy groups -OCH3 is 1. The van der Waals surface area contributed by atoms with Crippen LogP contribution in [0, 0.1) is 0 Å². The Hall–Kier alpha value is -1.81. The highest BCUT2D eigenvalue weighted by atomic mass is 16.5. The molecule has 0 saturated carbocycles. The first kappa shape index (κ1) is 10.7. The molecule has 1 aromatic carbocycles. The number of rotatable bonds is 3. The normalized spacial score (nSPS) is 12.6. The van der Waals surface area contributed by atoms with E-state index in [9.17, 15) is 4.79 Å². The summed E-state index contributed by atoms with van der Waals surface area (Å²) in [7, 11) is 1.51. The van der Waals surface area contributed by atoms with Crippen LogP contribution in [-0.2, 0) is 9.53 Å². The van der Waals surface area contributed by atoms with Crippen molar-refractivity contribution in [3.63, 3.8) is 0 Å². The minimum absolute atomic E-state index is 0.141. The van der Waals surface area contributed by atoms with Crippen LogP contribution in [0.2, 0.25) is 0 Å². The van der Waals surface area contributed by atoms with Crippen LogP contribution in [0.15, 0.2) is 30.5 Å². The zero-order valence-corrected chi connectivity index (χ0v) is 9.28. The molecule has 4 heteroatoms. The van der Waals surface area contributed by atoms with Gasteiger partial charge in [0, 0.05) is 29.9 Å². The van der Waals surface area contributed by atoms with Gasteiger partial charge in [0.1, 0.15) is 6.10 Å². The van der Waals surface area contributed by atoms with Crippen molar-refractivity contribution in [2.75, 3.05) is 12.4 Å². The van der Waals surface area contributed by atoms with Gasteiger partial charge in [-0.15, -0.1) is 0 Å². The Labute approximate surface area is 93.6 Å². The molecule has 0 radical (unpaired) electrons. The molecule has 1 heterocycles. The molecule has 0 saturated heterocycles. The third-order valence-electron chi connectivity index (χ3n) is 2.54. The molecule has 2 aromatic rings. The summed E-state index contributed by atoms with van der Waals surface area (Å²) >= 11 is 0. The third kappa shape index (κ3) is 2.06. The van der Waals surface area contributed by atoms with Crippen LogP contribution in [0.3, 0.4) is 0 Å². The van der Waals surface area contributed by atoms with Gasteiger partial charge in [-0.3, -0.25) is 4.79 Å². The van der Waals surface area contributed by atoms with Crippen LogP contribution >= 0.6 is 0 Å². The Morgan fingerprint density at radius 3 is 3.00 bits per heavy atom. The minimum atomic E-state index is -0.443. The molecule has 0 spiro atoms. The maximum absolute atomic E-state index is 11.6. The van der Waals surface area contributed by atoms with Gasteiger partial charge in [-0.1, -0.05) is 0 Å². The van der Waals surface area contributed by atoms with Gasteiger partial charge in [0.2, 0.25) is 0 Å². The maximum Gasteiger partial charge on any atom is 0.253 e. The first-order valence-electron chi connectivity index (χ1n) is 5.11. The fourth-order valence-electron chi connectivity index (χ4n) is 1.48. The highest BCUT2D eigenvalue weighted by Crippen LogP contribution is 2.17. The molecule has 0 aliphatic carbocycles. The van der Waals surface area contributed by atoms with Crippen molar-refractivity contribution >= 4 is 22.5 Å². The number of hydrogen-bond acceptors (Lipinski definition) is 2. The molecule has 16 heavy (non-hydrogen) atoms. The van der Waals surface area contributed by atoms with E-state index < -0.39 is 6.10 Å². The summed E-state index contributed by atoms with van der Waals surface area (Å²) in [5.74, 6) is -0.141. The number of aromatic amines is 1. The summed E-state index contributed by atoms with van der Waals surface area (Å²) < 4.78 is 4.94. The number of carbonyl (C=O) groups is 1. The number of nitrogens with one attached hydrogen (secondary N) is 2. The first-order chi connectivity index (χ1) is 7.70. The topological polar surface area (TPSA) is 54.1 Å². The molecule has 1 aromatic heterocycles. The summed E-state index contributed by atoms with van der Waals surface area (Å²) in [4.78, 5) is 14.7. The molecule has 0 aliphatic rings. The predicted octanol–water partition coefficient (Wildman–Crippen LogP) is 2.14. The van der Waals surface area contributed by atoms with Crippen LogP contribution in [0.25, 0.3) is 10.9 Å². The highest BCUT2D eigenvalue weighted by molar-refractivity contribution is 5.96. The largest absolute Gasteiger partial charge is 0.372 e. The van der Waals surface area contributed by atoms with Gasteiger partial charge < -0.3 is 15.0 Å². The second-order valence-electron chi connectivity index (χ2n) is 3.65. The monoisotopic (exact) mass is 218 g/mol. The summed E-state index contributed by atoms with van der Waals surface area (Å²) in [6.07, 6.45) is 1.43. The average molecular weight is 218 g/mol. The van der Waals surface area contributed by atoms with Crippen molar-refractivity contribution in [2.45, 2.75) is 13.0 Å². The SMILES string of the molecule is COC(C)C(=O)Nc1ccc2[nH]ccc2c1. The molecule has 0 aliphatic heterocycles. The van der Waals surface area contributed by atoms with E-state index in [1.54, 1.807) is 6.92 Å². The van der Waals surface area contributed by atoms with Crippen LogP contribution in [-0.4, -0.2) is 24.1 Å². The van der Waals surface area contributed by atoms with E-state index in [0.717, 1.165) is 16.6 Å². The second-order valence-corrected chi connectivity index (χ2v) is 3.65. The molecule has 4 nitrogen and oxygen atoms in total. The van der Waals surface area contributed by atoms with Gasteiger partial charge in [-0.2, -0.15) is 0 Å². The number of ether oxygens (including phenoxy) is 1. The smallest absolute Gasteiger partial charge is 0.253 e. The van der Waals surface area contributed by atoms with Gasteiger partial charge in [0.25, 0.3) is 5.91 Å². The van der Waals surface area contributed by atoms with E-state index in [-0.39, 0.29) is 5.91 Å². The lowest BCUT2D eigenvalue weighted by atomic mass is 10.2. The van der Waals surface area contributed by atoms with E-state index in [0.29, 0.717) is 0 Å². The van der Waals surface area contributed by atoms with Crippen molar-refractivity contribution in [2.24, 2.45) is 0 Å². The second kappa shape index (κ2) is 4.37. The number of benzene rings is 1. The Morgan fingerprint density at radius 2 is 2.25 bits per heavy atom. The Bertz CT molecular complexity index is 504. The number of hydrogen-bond donors (Lipinski definition) is 2. The molecular formula is C12H14N2O2. The molecule has 0 fully saturated rings. The van der Waals surface area contributed by atoms with E-state index >= 15 is 0 Å². The Balaban J connectivity index is 2.17. The summed E-state index contributed by atoms with van der Waals surface area (Å²) in [6.45, 7) is 1.71. The maximum atomic E-state index is 11.6. The zero-order valence-electron chi connectivity index (χ0n) is 9.28. The van der Waals surface area contributed by atoms with Crippen molar-refractivity contribution in [1.29, 1.82) is 0 Å². The van der Waals surface area contributed by atoms with E-state index in [2.05, 4.69) is 10.3 Å². The molecule has 1 atom stereocenters.